The maximum Gasteiger partial charge on any atom is 0.315 e. The lowest BCUT2D eigenvalue weighted by atomic mass is 9.85. The van der Waals surface area contributed by atoms with Crippen LogP contribution in [0.5, 0.6) is 0 Å². The van der Waals surface area contributed by atoms with Crippen LogP contribution in [0, 0.1) is 5.92 Å². The van der Waals surface area contributed by atoms with E-state index in [2.05, 4.69) is 20.8 Å². The van der Waals surface area contributed by atoms with Crippen LogP contribution in [0.1, 0.15) is 82.0 Å². The van der Waals surface area contributed by atoms with Crippen molar-refractivity contribution < 1.29 is 14.4 Å². The second-order valence-electron chi connectivity index (χ2n) is 7.15. The highest BCUT2D eigenvalue weighted by molar-refractivity contribution is 5.74. The summed E-state index contributed by atoms with van der Waals surface area (Å²) in [6.45, 7) is 1.96. The van der Waals surface area contributed by atoms with E-state index in [1.165, 1.54) is 12.8 Å². The summed E-state index contributed by atoms with van der Waals surface area (Å²) in [5.74, 6) is 1.77. The number of aliphatic hydroxyl groups is 1. The summed E-state index contributed by atoms with van der Waals surface area (Å²) in [5, 5.41) is 19.4. The Bertz CT molecular complexity index is 542. The third kappa shape index (κ3) is 4.06. The topological polar surface area (TPSA) is 100 Å². The van der Waals surface area contributed by atoms with Gasteiger partial charge < -0.3 is 20.3 Å². The Balaban J connectivity index is 1.52. The van der Waals surface area contributed by atoms with Crippen LogP contribution in [0.2, 0.25) is 0 Å². The number of aromatic nitrogens is 2. The molecule has 134 valence electrons. The molecule has 24 heavy (non-hydrogen) atoms. The van der Waals surface area contributed by atoms with Crippen LogP contribution >= 0.6 is 0 Å². The van der Waals surface area contributed by atoms with Gasteiger partial charge in [0, 0.05) is 24.5 Å². The molecular weight excluding hydrogens is 308 g/mol. The highest BCUT2D eigenvalue weighted by atomic mass is 16.5. The molecule has 2 saturated carbocycles. The van der Waals surface area contributed by atoms with E-state index < -0.39 is 0 Å². The molecule has 0 aliphatic heterocycles. The van der Waals surface area contributed by atoms with Gasteiger partial charge in [0.2, 0.25) is 5.89 Å². The zero-order valence-corrected chi connectivity index (χ0v) is 14.3. The summed E-state index contributed by atoms with van der Waals surface area (Å²) >= 11 is 0. The standard InChI is InChI=1S/C17H28N4O3/c1-11(16-20-15(21-24-16)12-6-2-3-7-12)18-17(23)19-14-9-5-4-8-13(14)10-22/h11-14,22H,2-10H2,1H3,(H2,18,19,23)/t11-,13-,14+/m0/s1. The van der Waals surface area contributed by atoms with Crippen LogP contribution in [0.25, 0.3) is 0 Å². The highest BCUT2D eigenvalue weighted by Crippen LogP contribution is 2.32. The second-order valence-corrected chi connectivity index (χ2v) is 7.15. The summed E-state index contributed by atoms with van der Waals surface area (Å²) in [6.07, 6.45) is 8.76. The minimum atomic E-state index is -0.330. The molecule has 0 saturated heterocycles. The lowest BCUT2D eigenvalue weighted by Crippen LogP contribution is -2.48. The number of aliphatic hydroxyl groups excluding tert-OH is 1. The van der Waals surface area contributed by atoms with E-state index in [1.54, 1.807) is 0 Å². The van der Waals surface area contributed by atoms with Gasteiger partial charge in [0.1, 0.15) is 6.04 Å². The molecule has 0 unspecified atom stereocenters. The van der Waals surface area contributed by atoms with Crippen LogP contribution in [-0.2, 0) is 0 Å². The lowest BCUT2D eigenvalue weighted by molar-refractivity contribution is 0.153. The molecule has 2 amide bonds. The van der Waals surface area contributed by atoms with Gasteiger partial charge in [0.25, 0.3) is 0 Å². The summed E-state index contributed by atoms with van der Waals surface area (Å²) in [7, 11) is 0. The number of carbonyl (C=O) groups excluding carboxylic acids is 1. The fraction of sp³-hybridized carbons (Fsp3) is 0.824. The van der Waals surface area contributed by atoms with Crippen LogP contribution in [-0.4, -0.2) is 33.9 Å². The van der Waals surface area contributed by atoms with E-state index in [4.69, 9.17) is 4.52 Å². The minimum absolute atomic E-state index is 0.0349. The van der Waals surface area contributed by atoms with Gasteiger partial charge in [0.15, 0.2) is 5.82 Å². The van der Waals surface area contributed by atoms with Crippen molar-refractivity contribution >= 4 is 6.03 Å². The molecule has 3 rings (SSSR count). The summed E-state index contributed by atoms with van der Waals surface area (Å²) in [4.78, 5) is 16.7. The normalized spacial score (nSPS) is 26.2. The summed E-state index contributed by atoms with van der Waals surface area (Å²) < 4.78 is 5.33. The number of nitrogens with one attached hydrogen (secondary N) is 2. The van der Waals surface area contributed by atoms with Crippen molar-refractivity contribution in [1.29, 1.82) is 0 Å². The number of hydrogen-bond donors (Lipinski definition) is 3. The first-order valence-corrected chi connectivity index (χ1v) is 9.18. The molecule has 0 bridgehead atoms. The number of hydrogen-bond acceptors (Lipinski definition) is 5. The average Bonchev–Trinajstić information content (AvgIpc) is 3.26. The first-order valence-electron chi connectivity index (χ1n) is 9.18. The first-order chi connectivity index (χ1) is 11.7. The summed E-state index contributed by atoms with van der Waals surface area (Å²) in [6, 6.07) is -0.537. The Morgan fingerprint density at radius 2 is 1.96 bits per heavy atom. The average molecular weight is 336 g/mol. The van der Waals surface area contributed by atoms with Gasteiger partial charge in [-0.3, -0.25) is 0 Å². The molecule has 7 heteroatoms. The monoisotopic (exact) mass is 336 g/mol. The van der Waals surface area contributed by atoms with Crippen molar-refractivity contribution in [3.63, 3.8) is 0 Å². The number of nitrogens with zero attached hydrogens (tertiary/aromatic N) is 2. The first kappa shape index (κ1) is 17.2. The largest absolute Gasteiger partial charge is 0.396 e. The summed E-state index contributed by atoms with van der Waals surface area (Å²) in [5.41, 5.74) is 0. The zero-order chi connectivity index (χ0) is 16.9. The zero-order valence-electron chi connectivity index (χ0n) is 14.3. The van der Waals surface area contributed by atoms with Crippen LogP contribution in [0.4, 0.5) is 4.79 Å². The van der Waals surface area contributed by atoms with Crippen molar-refractivity contribution in [1.82, 2.24) is 20.8 Å². The van der Waals surface area contributed by atoms with E-state index >= 15 is 0 Å². The maximum absolute atomic E-state index is 12.2. The smallest absolute Gasteiger partial charge is 0.315 e. The van der Waals surface area contributed by atoms with Crippen molar-refractivity contribution in [3.8, 4) is 0 Å². The fourth-order valence-electron chi connectivity index (χ4n) is 3.86. The van der Waals surface area contributed by atoms with E-state index in [0.29, 0.717) is 11.8 Å². The number of rotatable bonds is 5. The number of amides is 2. The van der Waals surface area contributed by atoms with Crippen molar-refractivity contribution in [3.05, 3.63) is 11.7 Å². The minimum Gasteiger partial charge on any atom is -0.396 e. The van der Waals surface area contributed by atoms with Gasteiger partial charge in [-0.15, -0.1) is 0 Å². The third-order valence-corrected chi connectivity index (χ3v) is 5.36. The van der Waals surface area contributed by atoms with Crippen molar-refractivity contribution in [2.45, 2.75) is 76.3 Å². The van der Waals surface area contributed by atoms with Gasteiger partial charge in [-0.25, -0.2) is 4.79 Å². The predicted octanol–water partition coefficient (Wildman–Crippen LogP) is 2.64. The van der Waals surface area contributed by atoms with Crippen LogP contribution < -0.4 is 10.6 Å². The van der Waals surface area contributed by atoms with Crippen LogP contribution in [0.3, 0.4) is 0 Å². The van der Waals surface area contributed by atoms with E-state index in [9.17, 15) is 9.90 Å². The Morgan fingerprint density at radius 3 is 2.71 bits per heavy atom. The molecule has 7 nitrogen and oxygen atoms in total. The molecule has 1 aromatic rings. The molecule has 1 heterocycles. The second kappa shape index (κ2) is 7.96. The van der Waals surface area contributed by atoms with E-state index in [-0.39, 0.29) is 30.6 Å². The van der Waals surface area contributed by atoms with E-state index in [0.717, 1.165) is 44.3 Å². The Hall–Kier alpha value is -1.63. The molecule has 2 fully saturated rings. The lowest BCUT2D eigenvalue weighted by Gasteiger charge is -2.31. The maximum atomic E-state index is 12.2. The van der Waals surface area contributed by atoms with E-state index in [1.807, 2.05) is 6.92 Å². The molecule has 0 spiro atoms. The van der Waals surface area contributed by atoms with Gasteiger partial charge in [-0.05, 0) is 32.6 Å². The third-order valence-electron chi connectivity index (χ3n) is 5.36. The Morgan fingerprint density at radius 1 is 1.25 bits per heavy atom. The van der Waals surface area contributed by atoms with Crippen molar-refractivity contribution in [2.24, 2.45) is 5.92 Å². The molecule has 3 N–H and O–H groups in total. The SMILES string of the molecule is C[C@H](NC(=O)N[C@@H]1CCCC[C@H]1CO)c1nc(C2CCCC2)no1. The van der Waals surface area contributed by atoms with Gasteiger partial charge in [-0.2, -0.15) is 4.98 Å². The van der Waals surface area contributed by atoms with Gasteiger partial charge in [0.05, 0.1) is 0 Å². The number of carbonyl (C=O) groups is 1. The molecule has 0 aromatic carbocycles. The van der Waals surface area contributed by atoms with Gasteiger partial charge in [-0.1, -0.05) is 30.8 Å². The van der Waals surface area contributed by atoms with Crippen molar-refractivity contribution in [2.75, 3.05) is 6.61 Å². The van der Waals surface area contributed by atoms with Gasteiger partial charge >= 0.3 is 6.03 Å². The van der Waals surface area contributed by atoms with Crippen LogP contribution in [0.15, 0.2) is 4.52 Å². The predicted molar refractivity (Wildman–Crippen MR) is 88.4 cm³/mol. The Labute approximate surface area is 142 Å². The number of urea groups is 1. The highest BCUT2D eigenvalue weighted by Gasteiger charge is 2.27. The molecular formula is C17H28N4O3. The quantitative estimate of drug-likeness (QED) is 0.767. The fourth-order valence-corrected chi connectivity index (χ4v) is 3.86. The molecule has 0 radical (unpaired) electrons. The molecule has 3 atom stereocenters. The molecule has 1 aromatic heterocycles. The Kier molecular flexibility index (Phi) is 5.71. The molecule has 2 aliphatic rings. The molecule has 2 aliphatic carbocycles.